The molecule has 0 unspecified atom stereocenters. The van der Waals surface area contributed by atoms with Crippen LogP contribution < -0.4 is 10.2 Å². The lowest BCUT2D eigenvalue weighted by molar-refractivity contribution is -0.125. The average molecular weight is 440 g/mol. The average Bonchev–Trinajstić information content (AvgIpc) is 3.21. The number of piperidine rings is 1. The number of rotatable bonds is 7. The standard InChI is InChI=1S/C23H29N5O2S/c1-4-19-20-21(25-15(2)26-23(20)30-27-19)28-13-5-6-17(14-28)22(29)24-12-11-16-7-9-18(31-3)10-8-16/h7-10,17H,4-6,11-14H2,1-3H3,(H,24,29)/t17-/m1/s1. The minimum absolute atomic E-state index is 0.0529. The topological polar surface area (TPSA) is 84.2 Å². The minimum Gasteiger partial charge on any atom is -0.355 e. The van der Waals surface area contributed by atoms with Crippen molar-refractivity contribution in [3.8, 4) is 0 Å². The molecule has 1 amide bonds. The molecule has 1 N–H and O–H groups in total. The number of carbonyl (C=O) groups is 1. The third kappa shape index (κ3) is 4.84. The van der Waals surface area contributed by atoms with Crippen molar-refractivity contribution in [1.29, 1.82) is 0 Å². The van der Waals surface area contributed by atoms with E-state index in [9.17, 15) is 4.79 Å². The first-order chi connectivity index (χ1) is 15.1. The number of thioether (sulfide) groups is 1. The quantitative estimate of drug-likeness (QED) is 0.561. The summed E-state index contributed by atoms with van der Waals surface area (Å²) in [4.78, 5) is 25.4. The van der Waals surface area contributed by atoms with Gasteiger partial charge in [-0.2, -0.15) is 4.98 Å². The third-order valence-electron chi connectivity index (χ3n) is 5.80. The summed E-state index contributed by atoms with van der Waals surface area (Å²) in [6.45, 7) is 6.06. The van der Waals surface area contributed by atoms with Crippen molar-refractivity contribution in [2.45, 2.75) is 44.4 Å². The van der Waals surface area contributed by atoms with Crippen LogP contribution in [0.1, 0.15) is 36.8 Å². The molecule has 1 aliphatic rings. The highest BCUT2D eigenvalue weighted by atomic mass is 32.2. The number of nitrogens with one attached hydrogen (secondary N) is 1. The van der Waals surface area contributed by atoms with E-state index in [1.165, 1.54) is 10.5 Å². The molecule has 0 bridgehead atoms. The zero-order valence-corrected chi connectivity index (χ0v) is 19.2. The molecule has 7 nitrogen and oxygen atoms in total. The molecule has 31 heavy (non-hydrogen) atoms. The molecule has 1 atom stereocenters. The molecule has 1 fully saturated rings. The number of benzene rings is 1. The Morgan fingerprint density at radius 3 is 2.84 bits per heavy atom. The van der Waals surface area contributed by atoms with Crippen LogP contribution in [0.5, 0.6) is 0 Å². The monoisotopic (exact) mass is 439 g/mol. The van der Waals surface area contributed by atoms with Gasteiger partial charge in [0.15, 0.2) is 0 Å². The lowest BCUT2D eigenvalue weighted by atomic mass is 9.96. The Morgan fingerprint density at radius 2 is 2.10 bits per heavy atom. The molecule has 1 aromatic carbocycles. The van der Waals surface area contributed by atoms with Crippen LogP contribution >= 0.6 is 11.8 Å². The molecule has 1 aliphatic heterocycles. The number of anilines is 1. The summed E-state index contributed by atoms with van der Waals surface area (Å²) in [7, 11) is 0. The van der Waals surface area contributed by atoms with E-state index in [4.69, 9.17) is 9.51 Å². The summed E-state index contributed by atoms with van der Waals surface area (Å²) in [6, 6.07) is 8.52. The molecule has 0 spiro atoms. The van der Waals surface area contributed by atoms with E-state index in [-0.39, 0.29) is 11.8 Å². The maximum atomic E-state index is 12.9. The number of carbonyl (C=O) groups excluding carboxylic acids is 1. The van der Waals surface area contributed by atoms with E-state index in [1.54, 1.807) is 11.8 Å². The number of hydrogen-bond donors (Lipinski definition) is 1. The lowest BCUT2D eigenvalue weighted by Gasteiger charge is -2.33. The molecule has 0 radical (unpaired) electrons. The fourth-order valence-corrected chi connectivity index (χ4v) is 4.52. The first-order valence-electron chi connectivity index (χ1n) is 10.9. The number of aryl methyl sites for hydroxylation is 2. The van der Waals surface area contributed by atoms with E-state index in [2.05, 4.69) is 50.9 Å². The molecule has 3 heterocycles. The molecule has 8 heteroatoms. The van der Waals surface area contributed by atoms with Crippen LogP contribution in [0.2, 0.25) is 0 Å². The Balaban J connectivity index is 1.41. The second kappa shape index (κ2) is 9.68. The van der Waals surface area contributed by atoms with Gasteiger partial charge < -0.3 is 14.7 Å². The van der Waals surface area contributed by atoms with Gasteiger partial charge in [-0.25, -0.2) is 4.98 Å². The van der Waals surface area contributed by atoms with Crippen molar-refractivity contribution >= 4 is 34.6 Å². The number of aromatic nitrogens is 3. The van der Waals surface area contributed by atoms with Gasteiger partial charge in [-0.15, -0.1) is 11.8 Å². The summed E-state index contributed by atoms with van der Waals surface area (Å²) in [5, 5.41) is 8.17. The van der Waals surface area contributed by atoms with Gasteiger partial charge in [-0.3, -0.25) is 4.79 Å². The van der Waals surface area contributed by atoms with Gasteiger partial charge in [-0.1, -0.05) is 24.2 Å². The van der Waals surface area contributed by atoms with Crippen LogP contribution in [0, 0.1) is 12.8 Å². The van der Waals surface area contributed by atoms with E-state index < -0.39 is 0 Å². The normalized spacial score (nSPS) is 16.6. The van der Waals surface area contributed by atoms with E-state index in [0.717, 1.165) is 49.1 Å². The molecule has 2 aromatic heterocycles. The van der Waals surface area contributed by atoms with E-state index in [1.807, 2.05) is 13.8 Å². The van der Waals surface area contributed by atoms with E-state index in [0.29, 0.717) is 24.6 Å². The van der Waals surface area contributed by atoms with Crippen LogP contribution in [-0.2, 0) is 17.6 Å². The molecule has 164 valence electrons. The first kappa shape index (κ1) is 21.6. The zero-order valence-electron chi connectivity index (χ0n) is 18.4. The van der Waals surface area contributed by atoms with Crippen molar-refractivity contribution in [1.82, 2.24) is 20.4 Å². The van der Waals surface area contributed by atoms with Crippen molar-refractivity contribution in [3.63, 3.8) is 0 Å². The van der Waals surface area contributed by atoms with Crippen molar-refractivity contribution < 1.29 is 9.32 Å². The maximum Gasteiger partial charge on any atom is 0.263 e. The van der Waals surface area contributed by atoms with Gasteiger partial charge in [0, 0.05) is 24.5 Å². The number of fused-ring (bicyclic) bond motifs is 1. The molecule has 1 saturated heterocycles. The summed E-state index contributed by atoms with van der Waals surface area (Å²) < 4.78 is 5.43. The fraction of sp³-hybridized carbons (Fsp3) is 0.478. The minimum atomic E-state index is -0.0529. The number of amides is 1. The summed E-state index contributed by atoms with van der Waals surface area (Å²) in [6.07, 6.45) is 5.50. The highest BCUT2D eigenvalue weighted by molar-refractivity contribution is 7.98. The van der Waals surface area contributed by atoms with Crippen LogP contribution in [-0.4, -0.2) is 46.9 Å². The Kier molecular flexibility index (Phi) is 6.75. The molecule has 0 aliphatic carbocycles. The Bertz CT molecular complexity index is 1050. The number of hydrogen-bond acceptors (Lipinski definition) is 7. The molecule has 0 saturated carbocycles. The van der Waals surface area contributed by atoms with Crippen LogP contribution in [0.3, 0.4) is 0 Å². The zero-order chi connectivity index (χ0) is 21.8. The second-order valence-electron chi connectivity index (χ2n) is 7.93. The van der Waals surface area contributed by atoms with Gasteiger partial charge in [0.1, 0.15) is 17.0 Å². The summed E-state index contributed by atoms with van der Waals surface area (Å²) in [5.74, 6) is 1.56. The smallest absolute Gasteiger partial charge is 0.263 e. The molecular formula is C23H29N5O2S. The molecular weight excluding hydrogens is 410 g/mol. The van der Waals surface area contributed by atoms with E-state index >= 15 is 0 Å². The Labute approximate surface area is 187 Å². The largest absolute Gasteiger partial charge is 0.355 e. The lowest BCUT2D eigenvalue weighted by Crippen LogP contribution is -2.44. The molecule has 4 rings (SSSR count). The van der Waals surface area contributed by atoms with Crippen molar-refractivity contribution in [3.05, 3.63) is 41.3 Å². The van der Waals surface area contributed by atoms with Crippen LogP contribution in [0.25, 0.3) is 11.1 Å². The van der Waals surface area contributed by atoms with Crippen molar-refractivity contribution in [2.24, 2.45) is 5.92 Å². The predicted octanol–water partition coefficient (Wildman–Crippen LogP) is 3.79. The number of nitrogens with zero attached hydrogens (tertiary/aromatic N) is 4. The molecule has 3 aromatic rings. The second-order valence-corrected chi connectivity index (χ2v) is 8.81. The summed E-state index contributed by atoms with van der Waals surface area (Å²) in [5.41, 5.74) is 2.63. The maximum absolute atomic E-state index is 12.9. The first-order valence-corrected chi connectivity index (χ1v) is 12.1. The van der Waals surface area contributed by atoms with Gasteiger partial charge in [0.2, 0.25) is 5.91 Å². The highest BCUT2D eigenvalue weighted by Gasteiger charge is 2.29. The Morgan fingerprint density at radius 1 is 1.29 bits per heavy atom. The van der Waals surface area contributed by atoms with Gasteiger partial charge in [0.25, 0.3) is 5.71 Å². The highest BCUT2D eigenvalue weighted by Crippen LogP contribution is 2.30. The van der Waals surface area contributed by atoms with Crippen LogP contribution in [0.15, 0.2) is 33.7 Å². The predicted molar refractivity (Wildman–Crippen MR) is 124 cm³/mol. The van der Waals surface area contributed by atoms with Crippen molar-refractivity contribution in [2.75, 3.05) is 30.8 Å². The van der Waals surface area contributed by atoms with Gasteiger partial charge in [-0.05, 0) is 56.6 Å². The SMILES string of the molecule is CCc1noc2nc(C)nc(N3CCC[C@@H](C(=O)NCCc4ccc(SC)cc4)C3)c12. The van der Waals surface area contributed by atoms with Crippen LogP contribution in [0.4, 0.5) is 5.82 Å². The van der Waals surface area contributed by atoms with Gasteiger partial charge in [0.05, 0.1) is 11.6 Å². The third-order valence-corrected chi connectivity index (χ3v) is 6.54. The Hall–Kier alpha value is -2.61. The van der Waals surface area contributed by atoms with Gasteiger partial charge >= 0.3 is 0 Å². The fourth-order valence-electron chi connectivity index (χ4n) is 4.12. The summed E-state index contributed by atoms with van der Waals surface area (Å²) >= 11 is 1.73.